The van der Waals surface area contributed by atoms with Gasteiger partial charge in [0.05, 0.1) is 13.2 Å². The first-order valence-corrected chi connectivity index (χ1v) is 10.00. The summed E-state index contributed by atoms with van der Waals surface area (Å²) in [6.45, 7) is 9.46. The summed E-state index contributed by atoms with van der Waals surface area (Å²) in [5.74, 6) is -2.49. The lowest BCUT2D eigenvalue weighted by Gasteiger charge is -2.34. The van der Waals surface area contributed by atoms with Gasteiger partial charge in [0.15, 0.2) is 0 Å². The van der Waals surface area contributed by atoms with Crippen molar-refractivity contribution in [2.45, 2.75) is 45.5 Å². The van der Waals surface area contributed by atoms with Gasteiger partial charge >= 0.3 is 12.1 Å². The van der Waals surface area contributed by atoms with Gasteiger partial charge in [0.2, 0.25) is 5.91 Å². The number of likely N-dealkylation sites (tertiary alicyclic amines) is 1. The molecule has 30 heavy (non-hydrogen) atoms. The number of carbonyl (C=O) groups is 2. The second kappa shape index (κ2) is 10.3. The number of ether oxygens (including phenoxy) is 1. The zero-order valence-corrected chi connectivity index (χ0v) is 17.3. The van der Waals surface area contributed by atoms with Gasteiger partial charge in [-0.15, -0.1) is 0 Å². The van der Waals surface area contributed by atoms with Crippen LogP contribution >= 0.6 is 0 Å². The monoisotopic (exact) mass is 430 g/mol. The molecule has 2 unspecified atom stereocenters. The van der Waals surface area contributed by atoms with Gasteiger partial charge in [-0.3, -0.25) is 9.69 Å². The Bertz CT molecular complexity index is 714. The molecule has 2 fully saturated rings. The molecule has 1 N–H and O–H groups in total. The molecule has 0 saturated carbocycles. The summed E-state index contributed by atoms with van der Waals surface area (Å²) in [6, 6.07) is 10.8. The lowest BCUT2D eigenvalue weighted by molar-refractivity contribution is -0.192. The minimum Gasteiger partial charge on any atom is -0.475 e. The third-order valence-corrected chi connectivity index (χ3v) is 5.55. The summed E-state index contributed by atoms with van der Waals surface area (Å²) in [6.07, 6.45) is -3.33. The van der Waals surface area contributed by atoms with Crippen molar-refractivity contribution in [3.63, 3.8) is 0 Å². The predicted molar refractivity (Wildman–Crippen MR) is 105 cm³/mol. The molecule has 2 aliphatic rings. The topological polar surface area (TPSA) is 70.1 Å². The molecule has 0 radical (unpaired) electrons. The Morgan fingerprint density at radius 1 is 1.27 bits per heavy atom. The van der Waals surface area contributed by atoms with Crippen molar-refractivity contribution in [2.24, 2.45) is 5.41 Å². The van der Waals surface area contributed by atoms with E-state index in [9.17, 15) is 18.0 Å². The summed E-state index contributed by atoms with van der Waals surface area (Å²) in [7, 11) is 0. The first kappa shape index (κ1) is 24.1. The summed E-state index contributed by atoms with van der Waals surface area (Å²) in [5.41, 5.74) is 1.16. The van der Waals surface area contributed by atoms with Crippen LogP contribution in [0.2, 0.25) is 0 Å². The second-order valence-electron chi connectivity index (χ2n) is 8.00. The van der Waals surface area contributed by atoms with Crippen molar-refractivity contribution in [1.29, 1.82) is 0 Å². The van der Waals surface area contributed by atoms with Crippen molar-refractivity contribution < 1.29 is 32.6 Å². The number of carboxylic acid groups (broad SMARTS) is 1. The fourth-order valence-electron chi connectivity index (χ4n) is 3.79. The maximum Gasteiger partial charge on any atom is 0.490 e. The first-order valence-electron chi connectivity index (χ1n) is 10.00. The number of nitrogens with zero attached hydrogens (tertiary/aromatic N) is 2. The number of hydrogen-bond donors (Lipinski definition) is 1. The Labute approximate surface area is 174 Å². The molecule has 1 aromatic carbocycles. The molecule has 168 valence electrons. The van der Waals surface area contributed by atoms with Crippen molar-refractivity contribution in [3.8, 4) is 0 Å². The number of carboxylic acids is 1. The van der Waals surface area contributed by atoms with Gasteiger partial charge in [-0.25, -0.2) is 4.79 Å². The maximum atomic E-state index is 12.6. The van der Waals surface area contributed by atoms with E-state index in [-0.39, 0.29) is 11.3 Å². The molecule has 3 rings (SSSR count). The summed E-state index contributed by atoms with van der Waals surface area (Å²) < 4.78 is 37.6. The first-order chi connectivity index (χ1) is 14.1. The van der Waals surface area contributed by atoms with Gasteiger partial charge < -0.3 is 14.7 Å². The number of carbonyl (C=O) groups excluding carboxylic acids is 1. The lowest BCUT2D eigenvalue weighted by Crippen LogP contribution is -2.44. The van der Waals surface area contributed by atoms with Crippen molar-refractivity contribution in [2.75, 3.05) is 32.8 Å². The number of rotatable bonds is 4. The van der Waals surface area contributed by atoms with Crippen LogP contribution in [0.15, 0.2) is 30.3 Å². The van der Waals surface area contributed by atoms with Gasteiger partial charge in [-0.2, -0.15) is 13.2 Å². The van der Waals surface area contributed by atoms with Crippen LogP contribution in [0.4, 0.5) is 13.2 Å². The highest BCUT2D eigenvalue weighted by Gasteiger charge is 2.45. The molecule has 0 bridgehead atoms. The SMILES string of the molecule is CCC(C)N1CCOCC2(CC(=O)N(Cc3ccccc3)C2)C1.O=C(O)C(F)(F)F. The van der Waals surface area contributed by atoms with E-state index in [4.69, 9.17) is 14.6 Å². The van der Waals surface area contributed by atoms with Gasteiger partial charge in [-0.1, -0.05) is 37.3 Å². The van der Waals surface area contributed by atoms with Crippen LogP contribution in [-0.4, -0.2) is 71.8 Å². The number of halogens is 3. The molecule has 6 nitrogen and oxygen atoms in total. The molecule has 0 aromatic heterocycles. The van der Waals surface area contributed by atoms with Crippen LogP contribution in [0.5, 0.6) is 0 Å². The van der Waals surface area contributed by atoms with E-state index >= 15 is 0 Å². The van der Waals surface area contributed by atoms with E-state index in [0.29, 0.717) is 25.6 Å². The summed E-state index contributed by atoms with van der Waals surface area (Å²) >= 11 is 0. The van der Waals surface area contributed by atoms with Crippen LogP contribution in [0.25, 0.3) is 0 Å². The lowest BCUT2D eigenvalue weighted by atomic mass is 9.87. The molecule has 2 saturated heterocycles. The predicted octanol–water partition coefficient (Wildman–Crippen LogP) is 3.17. The highest BCUT2D eigenvalue weighted by atomic mass is 19.4. The van der Waals surface area contributed by atoms with Crippen LogP contribution in [0, 0.1) is 5.41 Å². The second-order valence-corrected chi connectivity index (χ2v) is 8.00. The molecule has 1 aromatic rings. The van der Waals surface area contributed by atoms with Crippen molar-refractivity contribution in [3.05, 3.63) is 35.9 Å². The highest BCUT2D eigenvalue weighted by Crippen LogP contribution is 2.35. The van der Waals surface area contributed by atoms with E-state index < -0.39 is 12.1 Å². The molecule has 0 aliphatic carbocycles. The normalized spacial score (nSPS) is 23.6. The van der Waals surface area contributed by atoms with E-state index in [1.54, 1.807) is 0 Å². The third-order valence-electron chi connectivity index (χ3n) is 5.55. The van der Waals surface area contributed by atoms with Crippen LogP contribution in [-0.2, 0) is 20.9 Å². The van der Waals surface area contributed by atoms with Crippen molar-refractivity contribution >= 4 is 11.9 Å². The number of benzene rings is 1. The van der Waals surface area contributed by atoms with Gasteiger partial charge in [0, 0.05) is 44.1 Å². The summed E-state index contributed by atoms with van der Waals surface area (Å²) in [4.78, 5) is 26.0. The molecule has 2 aliphatic heterocycles. The number of alkyl halides is 3. The largest absolute Gasteiger partial charge is 0.490 e. The van der Waals surface area contributed by atoms with Crippen molar-refractivity contribution in [1.82, 2.24) is 9.80 Å². The Morgan fingerprint density at radius 2 is 1.90 bits per heavy atom. The minimum absolute atomic E-state index is 0.0359. The minimum atomic E-state index is -5.08. The Morgan fingerprint density at radius 3 is 2.47 bits per heavy atom. The third kappa shape index (κ3) is 6.70. The van der Waals surface area contributed by atoms with Gasteiger partial charge in [-0.05, 0) is 18.9 Å². The Balaban J connectivity index is 0.000000396. The zero-order chi connectivity index (χ0) is 22.4. The molecular weight excluding hydrogens is 401 g/mol. The average molecular weight is 430 g/mol. The quantitative estimate of drug-likeness (QED) is 0.795. The van der Waals surface area contributed by atoms with E-state index in [0.717, 1.165) is 32.7 Å². The highest BCUT2D eigenvalue weighted by molar-refractivity contribution is 5.79. The van der Waals surface area contributed by atoms with E-state index in [1.165, 1.54) is 5.56 Å². The molecule has 2 atom stereocenters. The number of aliphatic carboxylic acids is 1. The molecule has 1 spiro atoms. The van der Waals surface area contributed by atoms with Crippen LogP contribution in [0.3, 0.4) is 0 Å². The Hall–Kier alpha value is -2.13. The van der Waals surface area contributed by atoms with Gasteiger partial charge in [0.25, 0.3) is 0 Å². The molecule has 2 heterocycles. The number of amides is 1. The maximum absolute atomic E-state index is 12.6. The fourth-order valence-corrected chi connectivity index (χ4v) is 3.79. The zero-order valence-electron chi connectivity index (χ0n) is 17.3. The number of hydrogen-bond acceptors (Lipinski definition) is 4. The smallest absolute Gasteiger partial charge is 0.475 e. The van der Waals surface area contributed by atoms with E-state index in [2.05, 4.69) is 30.9 Å². The summed E-state index contributed by atoms with van der Waals surface area (Å²) in [5, 5.41) is 7.12. The van der Waals surface area contributed by atoms with Crippen LogP contribution < -0.4 is 0 Å². The molecular formula is C21H29F3N2O4. The molecule has 1 amide bonds. The van der Waals surface area contributed by atoms with Crippen LogP contribution in [0.1, 0.15) is 32.3 Å². The average Bonchev–Trinajstić information content (AvgIpc) is 2.86. The van der Waals surface area contributed by atoms with Gasteiger partial charge in [0.1, 0.15) is 0 Å². The standard InChI is InChI=1S/C19H28N2O2.C2HF3O2/c1-3-16(2)20-9-10-23-15-19(13-20)11-18(22)21(14-19)12-17-7-5-4-6-8-17;3-2(4,5)1(6)7/h4-8,16H,3,9-15H2,1-2H3;(H,6,7). The van der Waals surface area contributed by atoms with E-state index in [1.807, 2.05) is 23.1 Å². The fraction of sp³-hybridized carbons (Fsp3) is 0.619. The Kier molecular flexibility index (Phi) is 8.25. The molecule has 9 heteroatoms.